The number of rotatable bonds is 6. The summed E-state index contributed by atoms with van der Waals surface area (Å²) in [5, 5.41) is 9.58. The molecule has 0 unspecified atom stereocenters. The van der Waals surface area contributed by atoms with Crippen LogP contribution in [0.3, 0.4) is 0 Å². The third-order valence-corrected chi connectivity index (χ3v) is 4.53. The van der Waals surface area contributed by atoms with E-state index in [2.05, 4.69) is 20.4 Å². The van der Waals surface area contributed by atoms with E-state index >= 15 is 0 Å². The Balaban J connectivity index is 1.40. The van der Waals surface area contributed by atoms with Gasteiger partial charge in [-0.1, -0.05) is 6.07 Å². The molecule has 0 atom stereocenters. The van der Waals surface area contributed by atoms with Crippen molar-refractivity contribution < 1.29 is 13.9 Å². The molecule has 1 saturated heterocycles. The molecule has 1 aromatic carbocycles. The molecule has 2 amide bonds. The number of carbonyl (C=O) groups is 1. The first kappa shape index (κ1) is 18.2. The van der Waals surface area contributed by atoms with Gasteiger partial charge in [0.25, 0.3) is 0 Å². The van der Waals surface area contributed by atoms with E-state index in [0.29, 0.717) is 26.2 Å². The summed E-state index contributed by atoms with van der Waals surface area (Å²) in [4.78, 5) is 16.3. The molecule has 0 radical (unpaired) electrons. The number of benzene rings is 1. The summed E-state index contributed by atoms with van der Waals surface area (Å²) in [5.41, 5.74) is 1.98. The standard InChI is InChI=1S/C18H24FN5O2/c1-26-17-3-2-14(10-16(17)19)13-23-6-8-24(9-7-23)18(25)20-5-4-15-11-21-22-12-15/h2-3,10-12H,4-9,13H2,1H3,(H,20,25)(H,21,22). The normalized spacial score (nSPS) is 15.1. The minimum atomic E-state index is -0.347. The molecule has 26 heavy (non-hydrogen) atoms. The number of ether oxygens (including phenoxy) is 1. The molecular weight excluding hydrogens is 337 g/mol. The average Bonchev–Trinajstić information content (AvgIpc) is 3.16. The number of amides is 2. The van der Waals surface area contributed by atoms with Crippen LogP contribution >= 0.6 is 0 Å². The van der Waals surface area contributed by atoms with Crippen molar-refractivity contribution >= 4 is 6.03 Å². The molecule has 140 valence electrons. The Morgan fingerprint density at radius 3 is 2.77 bits per heavy atom. The van der Waals surface area contributed by atoms with E-state index in [4.69, 9.17) is 4.74 Å². The lowest BCUT2D eigenvalue weighted by Crippen LogP contribution is -2.51. The summed E-state index contributed by atoms with van der Waals surface area (Å²) in [7, 11) is 1.46. The van der Waals surface area contributed by atoms with Crippen LogP contribution in [0.4, 0.5) is 9.18 Å². The minimum Gasteiger partial charge on any atom is -0.494 e. The van der Waals surface area contributed by atoms with Gasteiger partial charge in [0.05, 0.1) is 13.3 Å². The first-order valence-corrected chi connectivity index (χ1v) is 8.71. The Morgan fingerprint density at radius 2 is 2.12 bits per heavy atom. The second-order valence-electron chi connectivity index (χ2n) is 6.32. The molecule has 1 aliphatic rings. The second kappa shape index (κ2) is 8.66. The highest BCUT2D eigenvalue weighted by Gasteiger charge is 2.21. The van der Waals surface area contributed by atoms with E-state index < -0.39 is 0 Å². The third kappa shape index (κ3) is 4.72. The summed E-state index contributed by atoms with van der Waals surface area (Å²) >= 11 is 0. The molecule has 0 saturated carbocycles. The summed E-state index contributed by atoms with van der Waals surface area (Å²) in [6.07, 6.45) is 4.34. The lowest BCUT2D eigenvalue weighted by molar-refractivity contribution is 0.135. The smallest absolute Gasteiger partial charge is 0.317 e. The summed E-state index contributed by atoms with van der Waals surface area (Å²) in [6.45, 7) is 4.11. The van der Waals surface area contributed by atoms with Crippen LogP contribution in [0.5, 0.6) is 5.75 Å². The van der Waals surface area contributed by atoms with E-state index in [1.165, 1.54) is 13.2 Å². The number of nitrogens with zero attached hydrogens (tertiary/aromatic N) is 3. The number of urea groups is 1. The van der Waals surface area contributed by atoms with Gasteiger partial charge in [-0.25, -0.2) is 9.18 Å². The quantitative estimate of drug-likeness (QED) is 0.820. The van der Waals surface area contributed by atoms with Crippen molar-refractivity contribution in [1.82, 2.24) is 25.3 Å². The summed E-state index contributed by atoms with van der Waals surface area (Å²) in [5.74, 6) is -0.0914. The Labute approximate surface area is 152 Å². The Morgan fingerprint density at radius 1 is 1.31 bits per heavy atom. The maximum atomic E-state index is 13.8. The van der Waals surface area contributed by atoms with Crippen molar-refractivity contribution in [3.8, 4) is 5.75 Å². The van der Waals surface area contributed by atoms with Crippen molar-refractivity contribution in [1.29, 1.82) is 0 Å². The zero-order valence-electron chi connectivity index (χ0n) is 14.9. The number of piperazine rings is 1. The molecule has 0 aliphatic carbocycles. The van der Waals surface area contributed by atoms with Crippen LogP contribution in [-0.4, -0.2) is 65.9 Å². The number of hydrogen-bond donors (Lipinski definition) is 2. The fourth-order valence-electron chi connectivity index (χ4n) is 3.02. The summed E-state index contributed by atoms with van der Waals surface area (Å²) < 4.78 is 18.7. The lowest BCUT2D eigenvalue weighted by Gasteiger charge is -2.34. The Hall–Kier alpha value is -2.61. The third-order valence-electron chi connectivity index (χ3n) is 4.53. The highest BCUT2D eigenvalue weighted by atomic mass is 19.1. The topological polar surface area (TPSA) is 73.5 Å². The first-order chi connectivity index (χ1) is 12.7. The Kier molecular flexibility index (Phi) is 6.06. The van der Waals surface area contributed by atoms with Gasteiger partial charge in [-0.15, -0.1) is 0 Å². The van der Waals surface area contributed by atoms with Crippen molar-refractivity contribution in [3.05, 3.63) is 47.5 Å². The maximum Gasteiger partial charge on any atom is 0.317 e. The fourth-order valence-corrected chi connectivity index (χ4v) is 3.02. The van der Waals surface area contributed by atoms with Crippen LogP contribution in [0.2, 0.25) is 0 Å². The molecular formula is C18H24FN5O2. The number of aromatic nitrogens is 2. The van der Waals surface area contributed by atoms with Crippen molar-refractivity contribution in [3.63, 3.8) is 0 Å². The zero-order valence-corrected chi connectivity index (χ0v) is 14.9. The van der Waals surface area contributed by atoms with Gasteiger partial charge in [0.1, 0.15) is 0 Å². The van der Waals surface area contributed by atoms with Gasteiger partial charge in [0, 0.05) is 45.5 Å². The van der Waals surface area contributed by atoms with Gasteiger partial charge >= 0.3 is 6.03 Å². The summed E-state index contributed by atoms with van der Waals surface area (Å²) in [6, 6.07) is 4.99. The lowest BCUT2D eigenvalue weighted by atomic mass is 10.2. The zero-order chi connectivity index (χ0) is 18.4. The van der Waals surface area contributed by atoms with Crippen LogP contribution in [-0.2, 0) is 13.0 Å². The van der Waals surface area contributed by atoms with Crippen LogP contribution in [0.25, 0.3) is 0 Å². The van der Waals surface area contributed by atoms with Crippen molar-refractivity contribution in [2.24, 2.45) is 0 Å². The highest BCUT2D eigenvalue weighted by molar-refractivity contribution is 5.74. The number of H-pyrrole nitrogens is 1. The van der Waals surface area contributed by atoms with Gasteiger partial charge in [-0.05, 0) is 29.7 Å². The molecule has 2 heterocycles. The van der Waals surface area contributed by atoms with E-state index in [9.17, 15) is 9.18 Å². The van der Waals surface area contributed by atoms with E-state index in [-0.39, 0.29) is 17.6 Å². The number of carbonyl (C=O) groups excluding carboxylic acids is 1. The SMILES string of the molecule is COc1ccc(CN2CCN(C(=O)NCCc3cn[nH]c3)CC2)cc1F. The van der Waals surface area contributed by atoms with E-state index in [0.717, 1.165) is 30.6 Å². The number of hydrogen-bond acceptors (Lipinski definition) is 4. The second-order valence-corrected chi connectivity index (χ2v) is 6.32. The van der Waals surface area contributed by atoms with Crippen molar-refractivity contribution in [2.75, 3.05) is 39.8 Å². The van der Waals surface area contributed by atoms with E-state index in [1.807, 2.05) is 17.2 Å². The largest absolute Gasteiger partial charge is 0.494 e. The predicted octanol–water partition coefficient (Wildman–Crippen LogP) is 1.63. The van der Waals surface area contributed by atoms with E-state index in [1.54, 1.807) is 12.3 Å². The van der Waals surface area contributed by atoms with Gasteiger partial charge in [0.2, 0.25) is 0 Å². The minimum absolute atomic E-state index is 0.0383. The van der Waals surface area contributed by atoms with Crippen LogP contribution in [0.1, 0.15) is 11.1 Å². The molecule has 1 fully saturated rings. The molecule has 1 aromatic heterocycles. The predicted molar refractivity (Wildman–Crippen MR) is 95.5 cm³/mol. The van der Waals surface area contributed by atoms with Crippen molar-refractivity contribution in [2.45, 2.75) is 13.0 Å². The number of nitrogens with one attached hydrogen (secondary N) is 2. The first-order valence-electron chi connectivity index (χ1n) is 8.71. The van der Waals surface area contributed by atoms with Gasteiger partial charge in [0.15, 0.2) is 11.6 Å². The molecule has 1 aliphatic heterocycles. The van der Waals surface area contributed by atoms with Crippen LogP contribution < -0.4 is 10.1 Å². The maximum absolute atomic E-state index is 13.8. The molecule has 7 nitrogen and oxygen atoms in total. The molecule has 0 bridgehead atoms. The fraction of sp³-hybridized carbons (Fsp3) is 0.444. The number of aromatic amines is 1. The number of methoxy groups -OCH3 is 1. The average molecular weight is 361 g/mol. The molecule has 8 heteroatoms. The monoisotopic (exact) mass is 361 g/mol. The Bertz CT molecular complexity index is 714. The highest BCUT2D eigenvalue weighted by Crippen LogP contribution is 2.19. The van der Waals surface area contributed by atoms with Gasteiger partial charge in [-0.3, -0.25) is 10.00 Å². The molecule has 3 rings (SSSR count). The molecule has 2 N–H and O–H groups in total. The van der Waals surface area contributed by atoms with Crippen LogP contribution in [0.15, 0.2) is 30.6 Å². The van der Waals surface area contributed by atoms with Gasteiger partial charge in [-0.2, -0.15) is 5.10 Å². The molecule has 2 aromatic rings. The van der Waals surface area contributed by atoms with Gasteiger partial charge < -0.3 is 15.0 Å². The number of halogens is 1. The van der Waals surface area contributed by atoms with Crippen LogP contribution in [0, 0.1) is 5.82 Å². The molecule has 0 spiro atoms.